The van der Waals surface area contributed by atoms with E-state index in [1.165, 1.54) is 11.5 Å². The van der Waals surface area contributed by atoms with Crippen molar-refractivity contribution in [2.45, 2.75) is 6.54 Å². The van der Waals surface area contributed by atoms with Crippen LogP contribution in [0.3, 0.4) is 0 Å². The minimum absolute atomic E-state index is 0.837. The van der Waals surface area contributed by atoms with Crippen molar-refractivity contribution in [2.75, 3.05) is 38.7 Å². The Kier molecular flexibility index (Phi) is 3.47. The zero-order valence-corrected chi connectivity index (χ0v) is 9.63. The lowest BCUT2D eigenvalue weighted by Crippen LogP contribution is -2.44. The first-order chi connectivity index (χ1) is 7.29. The minimum Gasteiger partial charge on any atom is -0.313 e. The predicted octanol–water partition coefficient (Wildman–Crippen LogP) is -0.429. The molecule has 2 heterocycles. The summed E-state index contributed by atoms with van der Waals surface area (Å²) in [5.41, 5.74) is 3.58. The fourth-order valence-electron chi connectivity index (χ4n) is 1.64. The zero-order chi connectivity index (χ0) is 10.7. The Balaban J connectivity index is 1.91. The van der Waals surface area contributed by atoms with Crippen LogP contribution in [0.4, 0.5) is 5.00 Å². The number of hydrogen-bond acceptors (Lipinski definition) is 7. The average Bonchev–Trinajstić information content (AvgIpc) is 2.69. The largest absolute Gasteiger partial charge is 0.313 e. The van der Waals surface area contributed by atoms with E-state index >= 15 is 0 Å². The number of anilines is 1. The number of nitrogens with two attached hydrogens (primary N) is 1. The molecule has 7 heteroatoms. The van der Waals surface area contributed by atoms with Gasteiger partial charge < -0.3 is 10.3 Å². The Morgan fingerprint density at radius 1 is 1.40 bits per heavy atom. The van der Waals surface area contributed by atoms with E-state index in [-0.39, 0.29) is 0 Å². The van der Waals surface area contributed by atoms with Gasteiger partial charge in [-0.05, 0) is 7.05 Å². The second kappa shape index (κ2) is 4.84. The second-order valence-corrected chi connectivity index (χ2v) is 4.53. The maximum atomic E-state index is 5.38. The molecule has 0 radical (unpaired) electrons. The van der Waals surface area contributed by atoms with E-state index in [1.54, 1.807) is 0 Å². The van der Waals surface area contributed by atoms with Gasteiger partial charge in [-0.2, -0.15) is 0 Å². The van der Waals surface area contributed by atoms with Gasteiger partial charge in [0.1, 0.15) is 10.7 Å². The van der Waals surface area contributed by atoms with Gasteiger partial charge in [-0.15, -0.1) is 5.10 Å². The van der Waals surface area contributed by atoms with E-state index in [4.69, 9.17) is 5.84 Å². The molecule has 0 bridgehead atoms. The van der Waals surface area contributed by atoms with Crippen molar-refractivity contribution >= 4 is 16.5 Å². The van der Waals surface area contributed by atoms with Crippen molar-refractivity contribution in [3.8, 4) is 0 Å². The number of nitrogens with zero attached hydrogens (tertiary/aromatic N) is 4. The molecule has 1 aliphatic heterocycles. The van der Waals surface area contributed by atoms with Crippen molar-refractivity contribution in [1.29, 1.82) is 0 Å². The van der Waals surface area contributed by atoms with Crippen LogP contribution in [0.15, 0.2) is 0 Å². The normalized spacial score (nSPS) is 19.3. The molecule has 1 fully saturated rings. The summed E-state index contributed by atoms with van der Waals surface area (Å²) < 4.78 is 3.89. The summed E-state index contributed by atoms with van der Waals surface area (Å²) in [6.07, 6.45) is 0. The standard InChI is InChI=1S/C8H16N6S/c1-13-2-4-14(5-3-13)6-7-8(10-9)15-12-11-7/h10H,2-6,9H2,1H3. The molecule has 0 aliphatic carbocycles. The van der Waals surface area contributed by atoms with Crippen LogP contribution < -0.4 is 11.3 Å². The van der Waals surface area contributed by atoms with Crippen molar-refractivity contribution in [3.05, 3.63) is 5.69 Å². The van der Waals surface area contributed by atoms with Crippen molar-refractivity contribution < 1.29 is 0 Å². The molecular formula is C8H16N6S. The van der Waals surface area contributed by atoms with E-state index in [0.717, 1.165) is 43.4 Å². The molecule has 0 aromatic carbocycles. The Bertz CT molecular complexity index is 306. The van der Waals surface area contributed by atoms with Crippen LogP contribution in [-0.4, -0.2) is 52.6 Å². The summed E-state index contributed by atoms with van der Waals surface area (Å²) in [6, 6.07) is 0. The smallest absolute Gasteiger partial charge is 0.148 e. The number of piperazine rings is 1. The van der Waals surface area contributed by atoms with Crippen LogP contribution in [0.2, 0.25) is 0 Å². The van der Waals surface area contributed by atoms with Crippen LogP contribution in [-0.2, 0) is 6.54 Å². The highest BCUT2D eigenvalue weighted by Crippen LogP contribution is 2.18. The molecule has 1 aliphatic rings. The van der Waals surface area contributed by atoms with E-state index in [2.05, 4.69) is 31.9 Å². The highest BCUT2D eigenvalue weighted by molar-refractivity contribution is 7.10. The monoisotopic (exact) mass is 228 g/mol. The predicted molar refractivity (Wildman–Crippen MR) is 60.5 cm³/mol. The number of nitrogen functional groups attached to an aromatic ring is 1. The van der Waals surface area contributed by atoms with Gasteiger partial charge in [0, 0.05) is 44.3 Å². The van der Waals surface area contributed by atoms with E-state index in [0.29, 0.717) is 0 Å². The molecule has 0 saturated carbocycles. The number of rotatable bonds is 3. The highest BCUT2D eigenvalue weighted by atomic mass is 32.1. The fraction of sp³-hybridized carbons (Fsp3) is 0.750. The first-order valence-electron chi connectivity index (χ1n) is 4.98. The summed E-state index contributed by atoms with van der Waals surface area (Å²) in [7, 11) is 2.15. The van der Waals surface area contributed by atoms with Gasteiger partial charge in [0.15, 0.2) is 0 Å². The van der Waals surface area contributed by atoms with Crippen molar-refractivity contribution in [3.63, 3.8) is 0 Å². The summed E-state index contributed by atoms with van der Waals surface area (Å²) in [6.45, 7) is 5.23. The van der Waals surface area contributed by atoms with Crippen LogP contribution in [0, 0.1) is 0 Å². The highest BCUT2D eigenvalue weighted by Gasteiger charge is 2.16. The molecule has 1 aromatic heterocycles. The first kappa shape index (κ1) is 10.7. The third kappa shape index (κ3) is 2.63. The summed E-state index contributed by atoms with van der Waals surface area (Å²) in [4.78, 5) is 4.70. The molecule has 84 valence electrons. The van der Waals surface area contributed by atoms with E-state index in [9.17, 15) is 0 Å². The van der Waals surface area contributed by atoms with Gasteiger partial charge in [0.05, 0.1) is 0 Å². The molecule has 0 atom stereocenters. The lowest BCUT2D eigenvalue weighted by atomic mass is 10.3. The number of nitrogens with one attached hydrogen (secondary N) is 1. The summed E-state index contributed by atoms with van der Waals surface area (Å²) >= 11 is 1.30. The average molecular weight is 228 g/mol. The number of hydrogen-bond donors (Lipinski definition) is 2. The van der Waals surface area contributed by atoms with Gasteiger partial charge in [-0.1, -0.05) is 4.49 Å². The van der Waals surface area contributed by atoms with Crippen LogP contribution >= 0.6 is 11.5 Å². The Hall–Kier alpha value is -0.760. The number of hydrazine groups is 1. The zero-order valence-electron chi connectivity index (χ0n) is 8.81. The lowest BCUT2D eigenvalue weighted by Gasteiger charge is -2.31. The Labute approximate surface area is 93.2 Å². The molecule has 1 aromatic rings. The molecule has 2 rings (SSSR count). The minimum atomic E-state index is 0.837. The van der Waals surface area contributed by atoms with Crippen molar-refractivity contribution in [1.82, 2.24) is 19.4 Å². The van der Waals surface area contributed by atoms with Gasteiger partial charge in [0.2, 0.25) is 0 Å². The molecule has 0 unspecified atom stereocenters. The second-order valence-electron chi connectivity index (χ2n) is 3.77. The van der Waals surface area contributed by atoms with E-state index < -0.39 is 0 Å². The quantitative estimate of drug-likeness (QED) is 0.540. The summed E-state index contributed by atoms with van der Waals surface area (Å²) in [5.74, 6) is 5.38. The first-order valence-corrected chi connectivity index (χ1v) is 5.75. The van der Waals surface area contributed by atoms with Gasteiger partial charge in [-0.3, -0.25) is 4.90 Å². The van der Waals surface area contributed by atoms with Crippen molar-refractivity contribution in [2.24, 2.45) is 5.84 Å². The molecule has 0 amide bonds. The van der Waals surface area contributed by atoms with Crippen LogP contribution in [0.5, 0.6) is 0 Å². The molecule has 1 saturated heterocycles. The number of aromatic nitrogens is 2. The lowest BCUT2D eigenvalue weighted by molar-refractivity contribution is 0.147. The topological polar surface area (TPSA) is 70.3 Å². The molecule has 3 N–H and O–H groups in total. The Morgan fingerprint density at radius 3 is 2.80 bits per heavy atom. The maximum Gasteiger partial charge on any atom is 0.148 e. The maximum absolute atomic E-state index is 5.38. The van der Waals surface area contributed by atoms with Crippen LogP contribution in [0.25, 0.3) is 0 Å². The molecule has 0 spiro atoms. The third-order valence-electron chi connectivity index (χ3n) is 2.66. The summed E-state index contributed by atoms with van der Waals surface area (Å²) in [5, 5.41) is 4.94. The SMILES string of the molecule is CN1CCN(Cc2nnsc2NN)CC1. The molecule has 6 nitrogen and oxygen atoms in total. The van der Waals surface area contributed by atoms with Gasteiger partial charge in [0.25, 0.3) is 0 Å². The van der Waals surface area contributed by atoms with Gasteiger partial charge >= 0.3 is 0 Å². The Morgan fingerprint density at radius 2 is 2.13 bits per heavy atom. The molecular weight excluding hydrogens is 212 g/mol. The van der Waals surface area contributed by atoms with Gasteiger partial charge in [-0.25, -0.2) is 5.84 Å². The molecule has 15 heavy (non-hydrogen) atoms. The van der Waals surface area contributed by atoms with E-state index in [1.807, 2.05) is 0 Å². The number of likely N-dealkylation sites (N-methyl/N-ethyl adjacent to an activating group) is 1. The third-order valence-corrected chi connectivity index (χ3v) is 3.36. The van der Waals surface area contributed by atoms with Crippen LogP contribution in [0.1, 0.15) is 5.69 Å². The fourth-order valence-corrected chi connectivity index (χ4v) is 2.12.